The number of rotatable bonds is 13. The van der Waals surface area contributed by atoms with Crippen molar-refractivity contribution in [2.75, 3.05) is 52.4 Å². The monoisotopic (exact) mass is 548 g/mol. The number of ether oxygens (including phenoxy) is 1. The first kappa shape index (κ1) is 30.5. The van der Waals surface area contributed by atoms with Crippen LogP contribution in [0.15, 0.2) is 48.5 Å². The maximum atomic E-state index is 12.2. The van der Waals surface area contributed by atoms with Crippen molar-refractivity contribution >= 4 is 5.91 Å². The standard InChI is InChI=1S/C34H52N4O2/c1-5-36(6-2)23-24-40-33-13-9-29(10-14-33)26-38-21-17-31(18-22-38)30-15-19-37(20-16-30)25-28-7-11-32(12-8-28)34(39)35-27(3)4/h7-14,27,30-31H,5-6,15-26H2,1-4H3,(H,35,39). The van der Waals surface area contributed by atoms with E-state index in [-0.39, 0.29) is 11.9 Å². The smallest absolute Gasteiger partial charge is 0.251 e. The Labute approximate surface area is 243 Å². The minimum atomic E-state index is 0.0119. The number of amides is 1. The summed E-state index contributed by atoms with van der Waals surface area (Å²) in [6.45, 7) is 19.1. The van der Waals surface area contributed by atoms with Gasteiger partial charge in [0, 0.05) is 31.2 Å². The molecule has 0 saturated carbocycles. The molecule has 4 rings (SSSR count). The Morgan fingerprint density at radius 2 is 1.30 bits per heavy atom. The number of likely N-dealkylation sites (tertiary alicyclic amines) is 2. The third-order valence-corrected chi connectivity index (χ3v) is 8.87. The van der Waals surface area contributed by atoms with Crippen molar-refractivity contribution in [3.05, 3.63) is 65.2 Å². The molecule has 40 heavy (non-hydrogen) atoms. The molecular formula is C34H52N4O2. The Balaban J connectivity index is 1.13. The summed E-state index contributed by atoms with van der Waals surface area (Å²) in [5, 5.41) is 2.97. The molecule has 220 valence electrons. The first-order valence-electron chi connectivity index (χ1n) is 15.7. The summed E-state index contributed by atoms with van der Waals surface area (Å²) in [6.07, 6.45) is 5.29. The van der Waals surface area contributed by atoms with E-state index in [0.717, 1.165) is 62.5 Å². The number of carbonyl (C=O) groups is 1. The van der Waals surface area contributed by atoms with Crippen molar-refractivity contribution < 1.29 is 9.53 Å². The van der Waals surface area contributed by atoms with Crippen LogP contribution in [0.4, 0.5) is 0 Å². The minimum Gasteiger partial charge on any atom is -0.492 e. The Hall–Kier alpha value is -2.41. The van der Waals surface area contributed by atoms with Gasteiger partial charge in [-0.05, 0) is 126 Å². The van der Waals surface area contributed by atoms with E-state index in [2.05, 4.69) is 70.3 Å². The number of hydrogen-bond acceptors (Lipinski definition) is 5. The summed E-state index contributed by atoms with van der Waals surface area (Å²) < 4.78 is 5.96. The van der Waals surface area contributed by atoms with Crippen LogP contribution in [0.3, 0.4) is 0 Å². The van der Waals surface area contributed by atoms with E-state index >= 15 is 0 Å². The van der Waals surface area contributed by atoms with E-state index in [9.17, 15) is 4.79 Å². The van der Waals surface area contributed by atoms with Gasteiger partial charge in [0.25, 0.3) is 5.91 Å². The van der Waals surface area contributed by atoms with Gasteiger partial charge < -0.3 is 15.0 Å². The Morgan fingerprint density at radius 1 is 0.825 bits per heavy atom. The third kappa shape index (κ3) is 9.32. The van der Waals surface area contributed by atoms with Gasteiger partial charge in [0.1, 0.15) is 12.4 Å². The lowest BCUT2D eigenvalue weighted by Crippen LogP contribution is -2.40. The zero-order chi connectivity index (χ0) is 28.3. The van der Waals surface area contributed by atoms with Crippen LogP contribution >= 0.6 is 0 Å². The molecule has 2 aromatic rings. The largest absolute Gasteiger partial charge is 0.492 e. The first-order valence-corrected chi connectivity index (χ1v) is 15.7. The fourth-order valence-electron chi connectivity index (χ4n) is 6.31. The molecule has 2 saturated heterocycles. The number of likely N-dealkylation sites (N-methyl/N-ethyl adjacent to an activating group) is 1. The molecule has 0 aromatic heterocycles. The van der Waals surface area contributed by atoms with Gasteiger partial charge in [0.15, 0.2) is 0 Å². The average molecular weight is 549 g/mol. The normalized spacial score (nSPS) is 17.9. The second-order valence-electron chi connectivity index (χ2n) is 12.1. The molecule has 6 heteroatoms. The van der Waals surface area contributed by atoms with E-state index in [1.54, 1.807) is 0 Å². The number of benzene rings is 2. The number of piperidine rings is 2. The summed E-state index contributed by atoms with van der Waals surface area (Å²) >= 11 is 0. The topological polar surface area (TPSA) is 48.1 Å². The van der Waals surface area contributed by atoms with Crippen LogP contribution < -0.4 is 10.1 Å². The van der Waals surface area contributed by atoms with Gasteiger partial charge in [-0.3, -0.25) is 14.6 Å². The summed E-state index contributed by atoms with van der Waals surface area (Å²) in [7, 11) is 0. The number of nitrogens with zero attached hydrogens (tertiary/aromatic N) is 3. The Kier molecular flexibility index (Phi) is 11.9. The quantitative estimate of drug-likeness (QED) is 0.350. The van der Waals surface area contributed by atoms with Crippen LogP contribution in [0.1, 0.15) is 74.9 Å². The maximum Gasteiger partial charge on any atom is 0.251 e. The lowest BCUT2D eigenvalue weighted by Gasteiger charge is -2.40. The highest BCUT2D eigenvalue weighted by Crippen LogP contribution is 2.33. The van der Waals surface area contributed by atoms with E-state index in [0.29, 0.717) is 0 Å². The lowest BCUT2D eigenvalue weighted by molar-refractivity contribution is 0.0909. The van der Waals surface area contributed by atoms with Crippen LogP contribution in [0, 0.1) is 11.8 Å². The molecule has 0 spiro atoms. The molecule has 1 amide bonds. The maximum absolute atomic E-state index is 12.2. The van der Waals surface area contributed by atoms with Crippen LogP contribution in [0.5, 0.6) is 5.75 Å². The summed E-state index contributed by atoms with van der Waals surface area (Å²) in [4.78, 5) is 19.8. The zero-order valence-electron chi connectivity index (χ0n) is 25.4. The average Bonchev–Trinajstić information content (AvgIpc) is 2.97. The number of hydrogen-bond donors (Lipinski definition) is 1. The predicted octanol–water partition coefficient (Wildman–Crippen LogP) is 5.67. The Bertz CT molecular complexity index is 1000. The van der Waals surface area contributed by atoms with Crippen molar-refractivity contribution in [3.8, 4) is 5.75 Å². The predicted molar refractivity (Wildman–Crippen MR) is 165 cm³/mol. The van der Waals surface area contributed by atoms with Gasteiger partial charge >= 0.3 is 0 Å². The van der Waals surface area contributed by atoms with Gasteiger partial charge in [0.2, 0.25) is 0 Å². The number of carbonyl (C=O) groups excluding carboxylic acids is 1. The van der Waals surface area contributed by atoms with Crippen LogP contribution in [0.25, 0.3) is 0 Å². The molecule has 0 unspecified atom stereocenters. The van der Waals surface area contributed by atoms with E-state index < -0.39 is 0 Å². The van der Waals surface area contributed by atoms with Crippen molar-refractivity contribution in [1.29, 1.82) is 0 Å². The van der Waals surface area contributed by atoms with Crippen LogP contribution in [-0.4, -0.2) is 79.1 Å². The second-order valence-corrected chi connectivity index (χ2v) is 12.1. The Morgan fingerprint density at radius 3 is 1.75 bits per heavy atom. The number of nitrogens with one attached hydrogen (secondary N) is 1. The third-order valence-electron chi connectivity index (χ3n) is 8.87. The lowest BCUT2D eigenvalue weighted by atomic mass is 9.78. The van der Waals surface area contributed by atoms with Gasteiger partial charge in [-0.25, -0.2) is 0 Å². The highest BCUT2D eigenvalue weighted by Gasteiger charge is 2.29. The minimum absolute atomic E-state index is 0.0119. The SMILES string of the molecule is CCN(CC)CCOc1ccc(CN2CCC(C3CCN(Cc4ccc(C(=O)NC(C)C)cc4)CC3)CC2)cc1. The first-order chi connectivity index (χ1) is 19.4. The second kappa shape index (κ2) is 15.6. The van der Waals surface area contributed by atoms with Gasteiger partial charge in [0.05, 0.1) is 0 Å². The van der Waals surface area contributed by atoms with Gasteiger partial charge in [-0.1, -0.05) is 38.1 Å². The highest BCUT2D eigenvalue weighted by molar-refractivity contribution is 5.94. The molecule has 2 aliphatic heterocycles. The molecule has 2 fully saturated rings. The van der Waals surface area contributed by atoms with Crippen molar-refractivity contribution in [2.45, 2.75) is 72.5 Å². The summed E-state index contributed by atoms with van der Waals surface area (Å²) in [5.41, 5.74) is 3.43. The zero-order valence-corrected chi connectivity index (χ0v) is 25.4. The molecule has 0 aliphatic carbocycles. The summed E-state index contributed by atoms with van der Waals surface area (Å²) in [5.74, 6) is 2.73. The van der Waals surface area contributed by atoms with Crippen molar-refractivity contribution in [2.24, 2.45) is 11.8 Å². The molecular weight excluding hydrogens is 496 g/mol. The molecule has 2 heterocycles. The van der Waals surface area contributed by atoms with Crippen LogP contribution in [0.2, 0.25) is 0 Å². The van der Waals surface area contributed by atoms with Gasteiger partial charge in [-0.15, -0.1) is 0 Å². The molecule has 1 N–H and O–H groups in total. The van der Waals surface area contributed by atoms with Crippen molar-refractivity contribution in [3.63, 3.8) is 0 Å². The van der Waals surface area contributed by atoms with E-state index in [4.69, 9.17) is 4.74 Å². The fraction of sp³-hybridized carbons (Fsp3) is 0.618. The van der Waals surface area contributed by atoms with Crippen molar-refractivity contribution in [1.82, 2.24) is 20.0 Å². The van der Waals surface area contributed by atoms with E-state index in [1.807, 2.05) is 26.0 Å². The molecule has 0 atom stereocenters. The molecule has 6 nitrogen and oxygen atoms in total. The van der Waals surface area contributed by atoms with Crippen LogP contribution in [-0.2, 0) is 13.1 Å². The fourth-order valence-corrected chi connectivity index (χ4v) is 6.31. The molecule has 0 bridgehead atoms. The van der Waals surface area contributed by atoms with Gasteiger partial charge in [-0.2, -0.15) is 0 Å². The highest BCUT2D eigenvalue weighted by atomic mass is 16.5. The molecule has 2 aliphatic rings. The molecule has 0 radical (unpaired) electrons. The molecule has 2 aromatic carbocycles. The summed E-state index contributed by atoms with van der Waals surface area (Å²) in [6, 6.07) is 17.1. The van der Waals surface area contributed by atoms with E-state index in [1.165, 1.54) is 63.0 Å².